The van der Waals surface area contributed by atoms with Crippen molar-refractivity contribution in [2.75, 3.05) is 33.8 Å². The van der Waals surface area contributed by atoms with E-state index in [1.54, 1.807) is 0 Å². The van der Waals surface area contributed by atoms with E-state index in [9.17, 15) is 4.79 Å². The Morgan fingerprint density at radius 3 is 2.55 bits per heavy atom. The van der Waals surface area contributed by atoms with E-state index in [1.807, 2.05) is 39.2 Å². The van der Waals surface area contributed by atoms with E-state index >= 15 is 0 Å². The second kappa shape index (κ2) is 10.4. The van der Waals surface area contributed by atoms with Crippen LogP contribution in [-0.4, -0.2) is 44.6 Å². The Kier molecular flexibility index (Phi) is 8.78. The zero-order valence-electron chi connectivity index (χ0n) is 14.3. The van der Waals surface area contributed by atoms with Crippen molar-refractivity contribution in [2.24, 2.45) is 11.8 Å². The predicted octanol–water partition coefficient (Wildman–Crippen LogP) is 2.54. The molecule has 0 spiro atoms. The van der Waals surface area contributed by atoms with Gasteiger partial charge in [0, 0.05) is 12.5 Å². The van der Waals surface area contributed by atoms with Crippen molar-refractivity contribution in [2.45, 2.75) is 26.9 Å². The first-order valence-electron chi connectivity index (χ1n) is 8.03. The third-order valence-corrected chi connectivity index (χ3v) is 3.60. The topological polar surface area (TPSA) is 41.6 Å². The van der Waals surface area contributed by atoms with Crippen LogP contribution in [0.4, 0.5) is 0 Å². The summed E-state index contributed by atoms with van der Waals surface area (Å²) in [5.41, 5.74) is 1.18. The van der Waals surface area contributed by atoms with Gasteiger partial charge in [-0.05, 0) is 38.5 Å². The molecule has 0 aliphatic rings. The number of ether oxygens (including phenoxy) is 1. The molecule has 2 atom stereocenters. The first-order valence-corrected chi connectivity index (χ1v) is 8.03. The number of nitrogens with one attached hydrogen (secondary N) is 1. The zero-order chi connectivity index (χ0) is 16.4. The molecule has 1 amide bonds. The molecule has 0 aliphatic carbocycles. The summed E-state index contributed by atoms with van der Waals surface area (Å²) in [6.45, 7) is 6.95. The molecule has 0 radical (unpaired) electrons. The molecule has 0 saturated heterocycles. The molecule has 0 saturated carbocycles. The van der Waals surface area contributed by atoms with Gasteiger partial charge in [0.2, 0.25) is 5.91 Å². The normalized spacial score (nSPS) is 13.9. The lowest BCUT2D eigenvalue weighted by atomic mass is 10.1. The van der Waals surface area contributed by atoms with Crippen LogP contribution >= 0.6 is 0 Å². The molecule has 4 heteroatoms. The maximum Gasteiger partial charge on any atom is 0.222 e. The number of carbonyl (C=O) groups is 1. The van der Waals surface area contributed by atoms with E-state index in [2.05, 4.69) is 29.3 Å². The third kappa shape index (κ3) is 8.15. The minimum absolute atomic E-state index is 0.0554. The highest BCUT2D eigenvalue weighted by Gasteiger charge is 2.13. The van der Waals surface area contributed by atoms with Gasteiger partial charge in [0.05, 0.1) is 13.2 Å². The molecule has 2 unspecified atom stereocenters. The van der Waals surface area contributed by atoms with Gasteiger partial charge in [-0.3, -0.25) is 4.79 Å². The zero-order valence-corrected chi connectivity index (χ0v) is 14.3. The summed E-state index contributed by atoms with van der Waals surface area (Å²) in [6.07, 6.45) is 0.887. The molecule has 0 heterocycles. The van der Waals surface area contributed by atoms with Crippen LogP contribution in [0.5, 0.6) is 0 Å². The highest BCUT2D eigenvalue weighted by atomic mass is 16.5. The van der Waals surface area contributed by atoms with Crippen LogP contribution in [0.2, 0.25) is 0 Å². The largest absolute Gasteiger partial charge is 0.376 e. The molecule has 4 nitrogen and oxygen atoms in total. The summed E-state index contributed by atoms with van der Waals surface area (Å²) in [5.74, 6) is 0.505. The number of benzene rings is 1. The Morgan fingerprint density at radius 1 is 1.23 bits per heavy atom. The van der Waals surface area contributed by atoms with Crippen LogP contribution in [0.25, 0.3) is 0 Å². The summed E-state index contributed by atoms with van der Waals surface area (Å²) in [7, 11) is 4.05. The summed E-state index contributed by atoms with van der Waals surface area (Å²) in [5, 5.41) is 3.02. The Hall–Kier alpha value is -1.39. The fourth-order valence-electron chi connectivity index (χ4n) is 2.04. The number of nitrogens with zero attached hydrogens (tertiary/aromatic N) is 1. The monoisotopic (exact) mass is 306 g/mol. The van der Waals surface area contributed by atoms with Crippen molar-refractivity contribution < 1.29 is 9.53 Å². The fourth-order valence-corrected chi connectivity index (χ4v) is 2.04. The lowest BCUT2D eigenvalue weighted by molar-refractivity contribution is -0.125. The van der Waals surface area contributed by atoms with Crippen LogP contribution in [0.15, 0.2) is 30.3 Å². The summed E-state index contributed by atoms with van der Waals surface area (Å²) in [4.78, 5) is 14.1. The smallest absolute Gasteiger partial charge is 0.222 e. The number of hydrogen-bond donors (Lipinski definition) is 1. The minimum Gasteiger partial charge on any atom is -0.376 e. The quantitative estimate of drug-likeness (QED) is 0.722. The van der Waals surface area contributed by atoms with E-state index in [-0.39, 0.29) is 11.8 Å². The SMILES string of the molecule is CC(CNC(=O)C(C)CCN(C)C)COCc1ccccc1. The third-order valence-electron chi connectivity index (χ3n) is 3.60. The molecule has 0 bridgehead atoms. The summed E-state index contributed by atoms with van der Waals surface area (Å²) >= 11 is 0. The van der Waals surface area contributed by atoms with Crippen molar-refractivity contribution in [3.8, 4) is 0 Å². The summed E-state index contributed by atoms with van der Waals surface area (Å²) in [6, 6.07) is 10.1. The van der Waals surface area contributed by atoms with Crippen LogP contribution < -0.4 is 5.32 Å². The van der Waals surface area contributed by atoms with Crippen LogP contribution in [-0.2, 0) is 16.1 Å². The maximum absolute atomic E-state index is 12.0. The maximum atomic E-state index is 12.0. The molecule has 0 aliphatic heterocycles. The molecule has 1 aromatic carbocycles. The van der Waals surface area contributed by atoms with Crippen molar-refractivity contribution in [3.05, 3.63) is 35.9 Å². The van der Waals surface area contributed by atoms with Crippen molar-refractivity contribution in [1.29, 1.82) is 0 Å². The lowest BCUT2D eigenvalue weighted by Crippen LogP contribution is -2.35. The van der Waals surface area contributed by atoms with Crippen LogP contribution in [0.3, 0.4) is 0 Å². The van der Waals surface area contributed by atoms with Crippen LogP contribution in [0, 0.1) is 11.8 Å². The van der Waals surface area contributed by atoms with Gasteiger partial charge in [-0.15, -0.1) is 0 Å². The van der Waals surface area contributed by atoms with E-state index in [4.69, 9.17) is 4.74 Å². The standard InChI is InChI=1S/C18H30N2O2/c1-15(13-22-14-17-8-6-5-7-9-17)12-19-18(21)16(2)10-11-20(3)4/h5-9,15-16H,10-14H2,1-4H3,(H,19,21). The van der Waals surface area contributed by atoms with Gasteiger partial charge < -0.3 is 15.0 Å². The van der Waals surface area contributed by atoms with Gasteiger partial charge in [-0.25, -0.2) is 0 Å². The van der Waals surface area contributed by atoms with Crippen LogP contribution in [0.1, 0.15) is 25.8 Å². The van der Waals surface area contributed by atoms with Gasteiger partial charge in [-0.1, -0.05) is 44.2 Å². The molecule has 0 aromatic heterocycles. The van der Waals surface area contributed by atoms with E-state index < -0.39 is 0 Å². The van der Waals surface area contributed by atoms with Gasteiger partial charge >= 0.3 is 0 Å². The molecule has 1 rings (SSSR count). The van der Waals surface area contributed by atoms with Crippen molar-refractivity contribution in [1.82, 2.24) is 10.2 Å². The van der Waals surface area contributed by atoms with E-state index in [0.717, 1.165) is 13.0 Å². The molecule has 1 aromatic rings. The number of carbonyl (C=O) groups excluding carboxylic acids is 1. The molecule has 0 fully saturated rings. The second-order valence-electron chi connectivity index (χ2n) is 6.34. The van der Waals surface area contributed by atoms with Gasteiger partial charge in [0.1, 0.15) is 0 Å². The first kappa shape index (κ1) is 18.7. The fraction of sp³-hybridized carbons (Fsp3) is 0.611. The lowest BCUT2D eigenvalue weighted by Gasteiger charge is -2.17. The Balaban J connectivity index is 2.14. The average molecular weight is 306 g/mol. The number of hydrogen-bond acceptors (Lipinski definition) is 3. The van der Waals surface area contributed by atoms with Gasteiger partial charge in [-0.2, -0.15) is 0 Å². The minimum atomic E-state index is 0.0554. The van der Waals surface area contributed by atoms with Gasteiger partial charge in [0.25, 0.3) is 0 Å². The molecule has 22 heavy (non-hydrogen) atoms. The molecular weight excluding hydrogens is 276 g/mol. The Labute approximate surface area is 134 Å². The second-order valence-corrected chi connectivity index (χ2v) is 6.34. The Morgan fingerprint density at radius 2 is 1.91 bits per heavy atom. The predicted molar refractivity (Wildman–Crippen MR) is 90.6 cm³/mol. The number of amides is 1. The van der Waals surface area contributed by atoms with Gasteiger partial charge in [0.15, 0.2) is 0 Å². The first-order chi connectivity index (χ1) is 10.5. The highest BCUT2D eigenvalue weighted by Crippen LogP contribution is 2.05. The van der Waals surface area contributed by atoms with Crippen molar-refractivity contribution in [3.63, 3.8) is 0 Å². The molecular formula is C18H30N2O2. The van der Waals surface area contributed by atoms with E-state index in [0.29, 0.717) is 25.7 Å². The number of rotatable bonds is 10. The van der Waals surface area contributed by atoms with Crippen molar-refractivity contribution >= 4 is 5.91 Å². The molecule has 124 valence electrons. The highest BCUT2D eigenvalue weighted by molar-refractivity contribution is 5.78. The molecule has 1 N–H and O–H groups in total. The Bertz CT molecular complexity index is 420. The average Bonchev–Trinajstić information content (AvgIpc) is 2.51. The van der Waals surface area contributed by atoms with E-state index in [1.165, 1.54) is 5.56 Å². The summed E-state index contributed by atoms with van der Waals surface area (Å²) < 4.78 is 5.70.